The summed E-state index contributed by atoms with van der Waals surface area (Å²) in [7, 11) is 3.42. The summed E-state index contributed by atoms with van der Waals surface area (Å²) in [5.41, 5.74) is 0.523. The van der Waals surface area contributed by atoms with Crippen LogP contribution in [0.4, 0.5) is 10.1 Å². The lowest BCUT2D eigenvalue weighted by Gasteiger charge is -2.18. The Balaban J connectivity index is 2.79. The minimum Gasteiger partial charge on any atom is -0.488 e. The van der Waals surface area contributed by atoms with E-state index in [1.165, 1.54) is 11.0 Å². The van der Waals surface area contributed by atoms with E-state index in [1.807, 2.05) is 13.8 Å². The highest BCUT2D eigenvalue weighted by atomic mass is 19.1. The number of benzene rings is 1. The predicted octanol–water partition coefficient (Wildman–Crippen LogP) is 2.19. The van der Waals surface area contributed by atoms with Gasteiger partial charge in [-0.2, -0.15) is 0 Å². The lowest BCUT2D eigenvalue weighted by molar-refractivity contribution is -0.118. The molecule has 4 nitrogen and oxygen atoms in total. The SMILES string of the molecule is CNCCC(=O)N(C)c1ccc(OC(C)C)c(F)c1. The van der Waals surface area contributed by atoms with E-state index < -0.39 is 5.82 Å². The van der Waals surface area contributed by atoms with Gasteiger partial charge in [0.2, 0.25) is 5.91 Å². The maximum absolute atomic E-state index is 13.8. The number of amides is 1. The normalized spacial score (nSPS) is 10.6. The first-order valence-corrected chi connectivity index (χ1v) is 6.33. The van der Waals surface area contributed by atoms with E-state index >= 15 is 0 Å². The van der Waals surface area contributed by atoms with E-state index in [4.69, 9.17) is 4.74 Å². The zero-order chi connectivity index (χ0) is 14.4. The van der Waals surface area contributed by atoms with Crippen LogP contribution in [0.2, 0.25) is 0 Å². The summed E-state index contributed by atoms with van der Waals surface area (Å²) < 4.78 is 19.1. The monoisotopic (exact) mass is 268 g/mol. The Hall–Kier alpha value is -1.62. The molecule has 106 valence electrons. The molecule has 5 heteroatoms. The van der Waals surface area contributed by atoms with Crippen molar-refractivity contribution in [1.29, 1.82) is 0 Å². The number of ether oxygens (including phenoxy) is 1. The van der Waals surface area contributed by atoms with Crippen molar-refractivity contribution in [3.8, 4) is 5.75 Å². The highest BCUT2D eigenvalue weighted by molar-refractivity contribution is 5.92. The molecule has 0 aliphatic rings. The molecule has 0 saturated carbocycles. The van der Waals surface area contributed by atoms with Crippen LogP contribution < -0.4 is 15.0 Å². The van der Waals surface area contributed by atoms with Gasteiger partial charge in [-0.1, -0.05) is 0 Å². The molecule has 0 unspecified atom stereocenters. The molecule has 1 rings (SSSR count). The Morgan fingerprint density at radius 2 is 2.16 bits per heavy atom. The van der Waals surface area contributed by atoms with Gasteiger partial charge in [-0.25, -0.2) is 4.39 Å². The fourth-order valence-electron chi connectivity index (χ4n) is 1.59. The number of hydrogen-bond donors (Lipinski definition) is 1. The van der Waals surface area contributed by atoms with Gasteiger partial charge in [0.1, 0.15) is 0 Å². The average Bonchev–Trinajstić information content (AvgIpc) is 2.37. The molecule has 0 aliphatic carbocycles. The second-order valence-corrected chi connectivity index (χ2v) is 4.59. The molecule has 1 aromatic rings. The van der Waals surface area contributed by atoms with Crippen molar-refractivity contribution in [2.45, 2.75) is 26.4 Å². The van der Waals surface area contributed by atoms with Crippen LogP contribution in [-0.2, 0) is 4.79 Å². The molecular weight excluding hydrogens is 247 g/mol. The number of carbonyl (C=O) groups excluding carboxylic acids is 1. The van der Waals surface area contributed by atoms with Crippen LogP contribution in [0.25, 0.3) is 0 Å². The second kappa shape index (κ2) is 7.09. The van der Waals surface area contributed by atoms with Gasteiger partial charge >= 0.3 is 0 Å². The first kappa shape index (κ1) is 15.4. The minimum absolute atomic E-state index is 0.0636. The Morgan fingerprint density at radius 3 is 2.68 bits per heavy atom. The molecule has 0 spiro atoms. The summed E-state index contributed by atoms with van der Waals surface area (Å²) in [6.07, 6.45) is 0.286. The molecule has 0 heterocycles. The Morgan fingerprint density at radius 1 is 1.47 bits per heavy atom. The third-order valence-corrected chi connectivity index (χ3v) is 2.63. The van der Waals surface area contributed by atoms with Crippen LogP contribution in [0.3, 0.4) is 0 Å². The summed E-state index contributed by atoms with van der Waals surface area (Å²) in [4.78, 5) is 13.3. The number of nitrogens with one attached hydrogen (secondary N) is 1. The number of nitrogens with zero attached hydrogens (tertiary/aromatic N) is 1. The van der Waals surface area contributed by atoms with E-state index in [2.05, 4.69) is 5.32 Å². The predicted molar refractivity (Wildman–Crippen MR) is 74.1 cm³/mol. The highest BCUT2D eigenvalue weighted by Crippen LogP contribution is 2.24. The molecule has 0 bridgehead atoms. The second-order valence-electron chi connectivity index (χ2n) is 4.59. The molecule has 1 aromatic carbocycles. The minimum atomic E-state index is -0.459. The quantitative estimate of drug-likeness (QED) is 0.860. The lowest BCUT2D eigenvalue weighted by Crippen LogP contribution is -2.28. The van der Waals surface area contributed by atoms with Gasteiger partial charge in [0.15, 0.2) is 11.6 Å². The van der Waals surface area contributed by atoms with E-state index in [9.17, 15) is 9.18 Å². The van der Waals surface area contributed by atoms with Crippen molar-refractivity contribution in [2.24, 2.45) is 0 Å². The summed E-state index contributed by atoms with van der Waals surface area (Å²) in [6, 6.07) is 4.54. The van der Waals surface area contributed by atoms with Gasteiger partial charge in [0, 0.05) is 31.8 Å². The zero-order valence-corrected chi connectivity index (χ0v) is 11.9. The smallest absolute Gasteiger partial charge is 0.227 e. The number of carbonyl (C=O) groups is 1. The molecule has 0 aromatic heterocycles. The van der Waals surface area contributed by atoms with Gasteiger partial charge in [0.25, 0.3) is 0 Å². The summed E-state index contributed by atoms with van der Waals surface area (Å²) in [6.45, 7) is 4.27. The maximum atomic E-state index is 13.8. The number of hydrogen-bond acceptors (Lipinski definition) is 3. The van der Waals surface area contributed by atoms with Crippen LogP contribution in [0.15, 0.2) is 18.2 Å². The van der Waals surface area contributed by atoms with Crippen LogP contribution >= 0.6 is 0 Å². The molecule has 1 amide bonds. The van der Waals surface area contributed by atoms with Gasteiger partial charge in [0.05, 0.1) is 6.10 Å². The molecule has 1 N–H and O–H groups in total. The Bertz CT molecular complexity index is 435. The summed E-state index contributed by atoms with van der Waals surface area (Å²) >= 11 is 0. The van der Waals surface area contributed by atoms with Crippen LogP contribution in [0, 0.1) is 5.82 Å². The first-order chi connectivity index (χ1) is 8.95. The standard InChI is InChI=1S/C14H21FN2O2/c1-10(2)19-13-6-5-11(9-12(13)15)17(4)14(18)7-8-16-3/h5-6,9-10,16H,7-8H2,1-4H3. The van der Waals surface area contributed by atoms with E-state index in [0.29, 0.717) is 18.7 Å². The largest absolute Gasteiger partial charge is 0.488 e. The van der Waals surface area contributed by atoms with Crippen molar-refractivity contribution in [1.82, 2.24) is 5.32 Å². The summed E-state index contributed by atoms with van der Waals surface area (Å²) in [5, 5.41) is 2.91. The Labute approximate surface area is 113 Å². The van der Waals surface area contributed by atoms with Gasteiger partial charge in [-0.3, -0.25) is 4.79 Å². The topological polar surface area (TPSA) is 41.6 Å². The lowest BCUT2D eigenvalue weighted by atomic mass is 10.2. The van der Waals surface area contributed by atoms with E-state index in [1.54, 1.807) is 26.2 Å². The zero-order valence-electron chi connectivity index (χ0n) is 11.9. The van der Waals surface area contributed by atoms with Crippen LogP contribution in [0.1, 0.15) is 20.3 Å². The van der Waals surface area contributed by atoms with Crippen molar-refractivity contribution in [3.05, 3.63) is 24.0 Å². The van der Waals surface area contributed by atoms with Crippen LogP contribution in [-0.4, -0.2) is 32.7 Å². The van der Waals surface area contributed by atoms with Gasteiger partial charge in [-0.15, -0.1) is 0 Å². The molecular formula is C14H21FN2O2. The molecule has 0 fully saturated rings. The van der Waals surface area contributed by atoms with Crippen molar-refractivity contribution in [3.63, 3.8) is 0 Å². The fraction of sp³-hybridized carbons (Fsp3) is 0.500. The third kappa shape index (κ3) is 4.52. The molecule has 19 heavy (non-hydrogen) atoms. The molecule has 0 atom stereocenters. The van der Waals surface area contributed by atoms with Gasteiger partial charge < -0.3 is 15.0 Å². The van der Waals surface area contributed by atoms with Crippen molar-refractivity contribution in [2.75, 3.05) is 25.5 Å². The Kier molecular flexibility index (Phi) is 5.76. The maximum Gasteiger partial charge on any atom is 0.227 e. The average molecular weight is 268 g/mol. The molecule has 0 saturated heterocycles. The fourth-order valence-corrected chi connectivity index (χ4v) is 1.59. The summed E-state index contributed by atoms with van der Waals surface area (Å²) in [5.74, 6) is -0.319. The van der Waals surface area contributed by atoms with E-state index in [0.717, 1.165) is 0 Å². The van der Waals surface area contributed by atoms with E-state index in [-0.39, 0.29) is 17.8 Å². The van der Waals surface area contributed by atoms with Crippen molar-refractivity contribution < 1.29 is 13.9 Å². The number of anilines is 1. The van der Waals surface area contributed by atoms with Gasteiger partial charge in [-0.05, 0) is 33.0 Å². The first-order valence-electron chi connectivity index (χ1n) is 6.33. The highest BCUT2D eigenvalue weighted by Gasteiger charge is 2.13. The molecule has 0 radical (unpaired) electrons. The van der Waals surface area contributed by atoms with Crippen LogP contribution in [0.5, 0.6) is 5.75 Å². The van der Waals surface area contributed by atoms with Crippen molar-refractivity contribution >= 4 is 11.6 Å². The molecule has 0 aliphatic heterocycles. The number of rotatable bonds is 6. The number of halogens is 1. The third-order valence-electron chi connectivity index (χ3n) is 2.63.